The molecular formula is C19H20O3. The molecule has 1 N–H and O–H groups in total. The topological polar surface area (TPSA) is 46.5 Å². The summed E-state index contributed by atoms with van der Waals surface area (Å²) in [5.74, 6) is 0.923. The first-order chi connectivity index (χ1) is 10.7. The molecule has 2 aromatic carbocycles. The van der Waals surface area contributed by atoms with Gasteiger partial charge in [0.15, 0.2) is 0 Å². The second-order valence-corrected chi connectivity index (χ2v) is 5.84. The maximum Gasteiger partial charge on any atom is 0.343 e. The van der Waals surface area contributed by atoms with Crippen molar-refractivity contribution >= 4 is 5.97 Å². The first-order valence-corrected chi connectivity index (χ1v) is 7.83. The minimum atomic E-state index is -0.412. The van der Waals surface area contributed by atoms with E-state index in [0.717, 1.165) is 0 Å². The number of carbonyl (C=O) groups excluding carboxylic acids is 1. The minimum absolute atomic E-state index is 0.133. The summed E-state index contributed by atoms with van der Waals surface area (Å²) in [6.45, 7) is 0. The molecule has 0 bridgehead atoms. The number of phenols is 1. The number of benzene rings is 2. The smallest absolute Gasteiger partial charge is 0.343 e. The summed E-state index contributed by atoms with van der Waals surface area (Å²) < 4.78 is 5.36. The van der Waals surface area contributed by atoms with Gasteiger partial charge in [-0.1, -0.05) is 31.4 Å². The zero-order valence-electron chi connectivity index (χ0n) is 12.5. The lowest BCUT2D eigenvalue weighted by Gasteiger charge is -2.22. The summed E-state index contributed by atoms with van der Waals surface area (Å²) in [5.41, 5.74) is 1.76. The van der Waals surface area contributed by atoms with Gasteiger partial charge in [-0.2, -0.15) is 0 Å². The highest BCUT2D eigenvalue weighted by Crippen LogP contribution is 2.33. The van der Waals surface area contributed by atoms with Crippen molar-refractivity contribution in [1.29, 1.82) is 0 Å². The molecule has 0 radical (unpaired) electrons. The summed E-state index contributed by atoms with van der Waals surface area (Å²) in [7, 11) is 0. The summed E-state index contributed by atoms with van der Waals surface area (Å²) in [4.78, 5) is 12.0. The molecule has 0 heterocycles. The largest absolute Gasteiger partial charge is 0.508 e. The molecule has 3 rings (SSSR count). The first-order valence-electron chi connectivity index (χ1n) is 7.83. The summed E-state index contributed by atoms with van der Waals surface area (Å²) in [6, 6.07) is 13.9. The van der Waals surface area contributed by atoms with Crippen LogP contribution < -0.4 is 4.74 Å². The molecule has 114 valence electrons. The van der Waals surface area contributed by atoms with E-state index in [4.69, 9.17) is 4.74 Å². The molecule has 0 unspecified atom stereocenters. The van der Waals surface area contributed by atoms with Crippen LogP contribution in [0, 0.1) is 0 Å². The van der Waals surface area contributed by atoms with Crippen molar-refractivity contribution in [1.82, 2.24) is 0 Å². The summed E-state index contributed by atoms with van der Waals surface area (Å²) >= 11 is 0. The number of hydrogen-bond acceptors (Lipinski definition) is 3. The van der Waals surface area contributed by atoms with E-state index in [1.165, 1.54) is 49.8 Å². The van der Waals surface area contributed by atoms with Crippen LogP contribution in [0.25, 0.3) is 0 Å². The lowest BCUT2D eigenvalue weighted by Crippen LogP contribution is -2.08. The quantitative estimate of drug-likeness (QED) is 0.662. The van der Waals surface area contributed by atoms with Gasteiger partial charge in [0.2, 0.25) is 0 Å². The van der Waals surface area contributed by atoms with Crippen molar-refractivity contribution in [2.24, 2.45) is 0 Å². The highest BCUT2D eigenvalue weighted by Gasteiger charge is 2.15. The monoisotopic (exact) mass is 296 g/mol. The number of rotatable bonds is 3. The van der Waals surface area contributed by atoms with E-state index in [9.17, 15) is 9.90 Å². The fourth-order valence-corrected chi connectivity index (χ4v) is 3.01. The van der Waals surface area contributed by atoms with Crippen LogP contribution in [0.4, 0.5) is 0 Å². The van der Waals surface area contributed by atoms with Gasteiger partial charge in [0.25, 0.3) is 0 Å². The Labute approximate surface area is 130 Å². The van der Waals surface area contributed by atoms with E-state index in [-0.39, 0.29) is 5.75 Å². The van der Waals surface area contributed by atoms with Crippen LogP contribution in [-0.4, -0.2) is 11.1 Å². The van der Waals surface area contributed by atoms with Gasteiger partial charge in [-0.3, -0.25) is 0 Å². The molecule has 0 aromatic heterocycles. The van der Waals surface area contributed by atoms with E-state index in [0.29, 0.717) is 17.2 Å². The lowest BCUT2D eigenvalue weighted by atomic mass is 9.84. The minimum Gasteiger partial charge on any atom is -0.508 e. The van der Waals surface area contributed by atoms with Crippen LogP contribution in [-0.2, 0) is 0 Å². The molecule has 1 aliphatic carbocycles. The molecule has 0 atom stereocenters. The van der Waals surface area contributed by atoms with E-state index in [1.807, 2.05) is 12.1 Å². The SMILES string of the molecule is O=C(Oc1ccc(C2CCCCC2)cc1)c1ccc(O)cc1. The van der Waals surface area contributed by atoms with Crippen LogP contribution in [0.2, 0.25) is 0 Å². The van der Waals surface area contributed by atoms with Crippen molar-refractivity contribution in [3.63, 3.8) is 0 Å². The highest BCUT2D eigenvalue weighted by atomic mass is 16.5. The molecule has 0 amide bonds. The zero-order chi connectivity index (χ0) is 15.4. The summed E-state index contributed by atoms with van der Waals surface area (Å²) in [5, 5.41) is 9.23. The van der Waals surface area contributed by atoms with Gasteiger partial charge in [-0.15, -0.1) is 0 Å². The number of ether oxygens (including phenoxy) is 1. The van der Waals surface area contributed by atoms with Crippen LogP contribution in [0.1, 0.15) is 53.9 Å². The molecule has 3 nitrogen and oxygen atoms in total. The molecule has 0 aliphatic heterocycles. The maximum atomic E-state index is 12.0. The average molecular weight is 296 g/mol. The first kappa shape index (κ1) is 14.6. The number of carbonyl (C=O) groups is 1. The predicted molar refractivity (Wildman–Crippen MR) is 85.3 cm³/mol. The van der Waals surface area contributed by atoms with Crippen molar-refractivity contribution in [3.8, 4) is 11.5 Å². The predicted octanol–water partition coefficient (Wildman–Crippen LogP) is 4.66. The van der Waals surface area contributed by atoms with Gasteiger partial charge in [-0.25, -0.2) is 4.79 Å². The van der Waals surface area contributed by atoms with Gasteiger partial charge in [0.1, 0.15) is 11.5 Å². The molecule has 1 fully saturated rings. The Morgan fingerprint density at radius 3 is 2.18 bits per heavy atom. The fraction of sp³-hybridized carbons (Fsp3) is 0.316. The van der Waals surface area contributed by atoms with Crippen LogP contribution in [0.15, 0.2) is 48.5 Å². The number of hydrogen-bond donors (Lipinski definition) is 1. The average Bonchev–Trinajstić information content (AvgIpc) is 2.57. The fourth-order valence-electron chi connectivity index (χ4n) is 3.01. The Bertz CT molecular complexity index is 623. The third-order valence-electron chi connectivity index (χ3n) is 4.27. The molecule has 1 saturated carbocycles. The Kier molecular flexibility index (Phi) is 4.42. The van der Waals surface area contributed by atoms with Gasteiger partial charge >= 0.3 is 5.97 Å². The second-order valence-electron chi connectivity index (χ2n) is 5.84. The van der Waals surface area contributed by atoms with Crippen molar-refractivity contribution in [2.45, 2.75) is 38.0 Å². The van der Waals surface area contributed by atoms with E-state index >= 15 is 0 Å². The summed E-state index contributed by atoms with van der Waals surface area (Å²) in [6.07, 6.45) is 6.47. The van der Waals surface area contributed by atoms with Crippen LogP contribution in [0.3, 0.4) is 0 Å². The highest BCUT2D eigenvalue weighted by molar-refractivity contribution is 5.91. The standard InChI is InChI=1S/C19H20O3/c20-17-10-6-16(7-11-17)19(21)22-18-12-8-15(9-13-18)14-4-2-1-3-5-14/h6-14,20H,1-5H2. The molecule has 0 saturated heterocycles. The van der Waals surface area contributed by atoms with Crippen molar-refractivity contribution in [3.05, 3.63) is 59.7 Å². The van der Waals surface area contributed by atoms with Crippen LogP contribution in [0.5, 0.6) is 11.5 Å². The van der Waals surface area contributed by atoms with Crippen molar-refractivity contribution in [2.75, 3.05) is 0 Å². The third kappa shape index (κ3) is 3.48. The van der Waals surface area contributed by atoms with Crippen molar-refractivity contribution < 1.29 is 14.6 Å². The molecule has 0 spiro atoms. The van der Waals surface area contributed by atoms with E-state index in [2.05, 4.69) is 12.1 Å². The molecule has 1 aliphatic rings. The molecular weight excluding hydrogens is 276 g/mol. The second kappa shape index (κ2) is 6.65. The number of phenolic OH excluding ortho intramolecular Hbond substituents is 1. The van der Waals surface area contributed by atoms with Crippen LogP contribution >= 0.6 is 0 Å². The van der Waals surface area contributed by atoms with Gasteiger partial charge < -0.3 is 9.84 Å². The van der Waals surface area contributed by atoms with Gasteiger partial charge in [0, 0.05) is 0 Å². The molecule has 22 heavy (non-hydrogen) atoms. The number of aromatic hydroxyl groups is 1. The maximum absolute atomic E-state index is 12.0. The third-order valence-corrected chi connectivity index (χ3v) is 4.27. The van der Waals surface area contributed by atoms with Gasteiger partial charge in [-0.05, 0) is 60.7 Å². The normalized spacial score (nSPS) is 15.5. The Morgan fingerprint density at radius 2 is 1.55 bits per heavy atom. The zero-order valence-corrected chi connectivity index (χ0v) is 12.5. The van der Waals surface area contributed by atoms with E-state index in [1.54, 1.807) is 12.1 Å². The van der Waals surface area contributed by atoms with Gasteiger partial charge in [0.05, 0.1) is 5.56 Å². The number of esters is 1. The van der Waals surface area contributed by atoms with E-state index < -0.39 is 5.97 Å². The Balaban J connectivity index is 1.65. The Morgan fingerprint density at radius 1 is 0.909 bits per heavy atom. The lowest BCUT2D eigenvalue weighted by molar-refractivity contribution is 0.0734. The molecule has 3 heteroatoms. The molecule has 2 aromatic rings. The Hall–Kier alpha value is -2.29.